The van der Waals surface area contributed by atoms with Gasteiger partial charge < -0.3 is 14.0 Å². The van der Waals surface area contributed by atoms with Crippen molar-refractivity contribution in [1.82, 2.24) is 9.55 Å². The molecule has 0 aliphatic heterocycles. The van der Waals surface area contributed by atoms with Gasteiger partial charge in [-0.1, -0.05) is 67.9 Å². The summed E-state index contributed by atoms with van der Waals surface area (Å²) in [5.41, 5.74) is 4.10. The maximum atomic E-state index is 12.5. The molecule has 0 aliphatic rings. The van der Waals surface area contributed by atoms with Crippen molar-refractivity contribution < 1.29 is 14.3 Å². The lowest BCUT2D eigenvalue weighted by atomic mass is 10.1. The summed E-state index contributed by atoms with van der Waals surface area (Å²) in [7, 11) is 0. The molecule has 1 unspecified atom stereocenters. The molecule has 0 aliphatic carbocycles. The van der Waals surface area contributed by atoms with E-state index >= 15 is 0 Å². The Morgan fingerprint density at radius 1 is 0.939 bits per heavy atom. The summed E-state index contributed by atoms with van der Waals surface area (Å²) in [6.07, 6.45) is 2.42. The Bertz CT molecular complexity index is 1180. The van der Waals surface area contributed by atoms with Crippen LogP contribution in [-0.2, 0) is 22.5 Å². The second-order valence-corrected chi connectivity index (χ2v) is 8.01. The molecule has 33 heavy (non-hydrogen) atoms. The number of benzene rings is 3. The quantitative estimate of drug-likeness (QED) is 0.278. The number of esters is 1. The molecule has 1 atom stereocenters. The lowest BCUT2D eigenvalue weighted by Gasteiger charge is -2.18. The zero-order valence-electron chi connectivity index (χ0n) is 19.2. The lowest BCUT2D eigenvalue weighted by molar-refractivity contribution is -0.151. The van der Waals surface area contributed by atoms with Crippen LogP contribution < -0.4 is 4.74 Å². The number of carbonyl (C=O) groups is 1. The van der Waals surface area contributed by atoms with Gasteiger partial charge in [-0.15, -0.1) is 0 Å². The van der Waals surface area contributed by atoms with Gasteiger partial charge in [0.25, 0.3) is 0 Å². The SMILES string of the molecule is CCCCc1nc2ccccc2n1Cc1ccc(OC(C(=O)OCC)c2ccccc2)cc1. The molecule has 5 heteroatoms. The van der Waals surface area contributed by atoms with Gasteiger partial charge in [0.15, 0.2) is 0 Å². The van der Waals surface area contributed by atoms with E-state index in [4.69, 9.17) is 14.5 Å². The van der Waals surface area contributed by atoms with E-state index in [9.17, 15) is 4.79 Å². The standard InChI is InChI=1S/C28H30N2O3/c1-3-5-15-26-29-24-13-9-10-14-25(24)30(26)20-21-16-18-23(19-17-21)33-27(28(31)32-4-2)22-11-7-6-8-12-22/h6-14,16-19,27H,3-5,15,20H2,1-2H3. The Morgan fingerprint density at radius 2 is 1.67 bits per heavy atom. The smallest absolute Gasteiger partial charge is 0.352 e. The largest absolute Gasteiger partial charge is 0.474 e. The van der Waals surface area contributed by atoms with E-state index in [1.807, 2.05) is 60.7 Å². The lowest BCUT2D eigenvalue weighted by Crippen LogP contribution is -2.21. The Labute approximate surface area is 195 Å². The minimum Gasteiger partial charge on any atom is -0.474 e. The molecule has 4 aromatic rings. The number of hydrogen-bond donors (Lipinski definition) is 0. The van der Waals surface area contributed by atoms with Crippen LogP contribution in [0.5, 0.6) is 5.75 Å². The third kappa shape index (κ3) is 5.43. The molecule has 0 N–H and O–H groups in total. The summed E-state index contributed by atoms with van der Waals surface area (Å²) < 4.78 is 13.6. The number of fused-ring (bicyclic) bond motifs is 1. The molecule has 0 bridgehead atoms. The number of para-hydroxylation sites is 2. The number of rotatable bonds is 10. The fourth-order valence-corrected chi connectivity index (χ4v) is 3.92. The Kier molecular flexibility index (Phi) is 7.40. The van der Waals surface area contributed by atoms with Crippen molar-refractivity contribution in [1.29, 1.82) is 0 Å². The first-order valence-electron chi connectivity index (χ1n) is 11.6. The van der Waals surface area contributed by atoms with Crippen LogP contribution in [0.2, 0.25) is 0 Å². The van der Waals surface area contributed by atoms with Crippen LogP contribution in [-0.4, -0.2) is 22.1 Å². The molecule has 0 radical (unpaired) electrons. The van der Waals surface area contributed by atoms with E-state index in [1.165, 1.54) is 0 Å². The van der Waals surface area contributed by atoms with Gasteiger partial charge in [-0.05, 0) is 43.2 Å². The monoisotopic (exact) mass is 442 g/mol. The zero-order valence-corrected chi connectivity index (χ0v) is 19.2. The Balaban J connectivity index is 1.54. The van der Waals surface area contributed by atoms with E-state index < -0.39 is 12.1 Å². The van der Waals surface area contributed by atoms with Crippen molar-refractivity contribution in [2.45, 2.75) is 45.8 Å². The predicted molar refractivity (Wildman–Crippen MR) is 130 cm³/mol. The first-order chi connectivity index (χ1) is 16.2. The molecule has 4 rings (SSSR count). The molecule has 0 amide bonds. The summed E-state index contributed by atoms with van der Waals surface area (Å²) in [5.74, 6) is 1.35. The van der Waals surface area contributed by atoms with Gasteiger partial charge in [0.1, 0.15) is 11.6 Å². The van der Waals surface area contributed by atoms with Crippen LogP contribution >= 0.6 is 0 Å². The van der Waals surface area contributed by atoms with Crippen molar-refractivity contribution in [3.8, 4) is 5.75 Å². The molecule has 170 valence electrons. The molecule has 1 aromatic heterocycles. The van der Waals surface area contributed by atoms with E-state index in [1.54, 1.807) is 6.92 Å². The zero-order chi connectivity index (χ0) is 23.0. The number of aromatic nitrogens is 2. The van der Waals surface area contributed by atoms with Crippen molar-refractivity contribution in [2.75, 3.05) is 6.61 Å². The predicted octanol–water partition coefficient (Wildman–Crippen LogP) is 6.11. The van der Waals surface area contributed by atoms with E-state index in [-0.39, 0.29) is 0 Å². The maximum absolute atomic E-state index is 12.5. The van der Waals surface area contributed by atoms with Gasteiger partial charge >= 0.3 is 5.97 Å². The van der Waals surface area contributed by atoms with Gasteiger partial charge in [0.2, 0.25) is 6.10 Å². The average Bonchev–Trinajstić information content (AvgIpc) is 3.20. The number of unbranched alkanes of at least 4 members (excludes halogenated alkanes) is 1. The summed E-state index contributed by atoms with van der Waals surface area (Å²) in [4.78, 5) is 17.4. The maximum Gasteiger partial charge on any atom is 0.352 e. The second kappa shape index (κ2) is 10.8. The number of hydrogen-bond acceptors (Lipinski definition) is 4. The topological polar surface area (TPSA) is 53.4 Å². The molecule has 0 fully saturated rings. The van der Waals surface area contributed by atoms with Crippen molar-refractivity contribution >= 4 is 17.0 Å². The second-order valence-electron chi connectivity index (χ2n) is 8.01. The van der Waals surface area contributed by atoms with Crippen LogP contribution in [0.3, 0.4) is 0 Å². The number of imidazole rings is 1. The molecule has 3 aromatic carbocycles. The van der Waals surface area contributed by atoms with Gasteiger partial charge in [0, 0.05) is 18.5 Å². The molecule has 1 heterocycles. The minimum absolute atomic E-state index is 0.309. The summed E-state index contributed by atoms with van der Waals surface area (Å²) in [6, 6.07) is 25.6. The average molecular weight is 443 g/mol. The molecule has 0 spiro atoms. The van der Waals surface area contributed by atoms with Gasteiger partial charge in [-0.3, -0.25) is 0 Å². The van der Waals surface area contributed by atoms with Crippen LogP contribution in [0.1, 0.15) is 49.7 Å². The van der Waals surface area contributed by atoms with E-state index in [2.05, 4.69) is 29.7 Å². The summed E-state index contributed by atoms with van der Waals surface area (Å²) >= 11 is 0. The van der Waals surface area contributed by atoms with Crippen LogP contribution in [0.15, 0.2) is 78.9 Å². The third-order valence-electron chi connectivity index (χ3n) is 5.61. The number of aryl methyl sites for hydroxylation is 1. The number of nitrogens with zero attached hydrogens (tertiary/aromatic N) is 2. The first-order valence-corrected chi connectivity index (χ1v) is 11.6. The van der Waals surface area contributed by atoms with Crippen LogP contribution in [0, 0.1) is 0 Å². The van der Waals surface area contributed by atoms with Crippen LogP contribution in [0.25, 0.3) is 11.0 Å². The van der Waals surface area contributed by atoms with Crippen molar-refractivity contribution in [2.24, 2.45) is 0 Å². The highest BCUT2D eigenvalue weighted by Crippen LogP contribution is 2.25. The normalized spacial score (nSPS) is 11.9. The third-order valence-corrected chi connectivity index (χ3v) is 5.61. The van der Waals surface area contributed by atoms with Crippen molar-refractivity contribution in [3.63, 3.8) is 0 Å². The molecule has 0 saturated carbocycles. The molecular formula is C28H30N2O3. The van der Waals surface area contributed by atoms with Gasteiger partial charge in [-0.2, -0.15) is 0 Å². The highest BCUT2D eigenvalue weighted by molar-refractivity contribution is 5.77. The number of ether oxygens (including phenoxy) is 2. The highest BCUT2D eigenvalue weighted by atomic mass is 16.6. The molecular weight excluding hydrogens is 412 g/mol. The Morgan fingerprint density at radius 3 is 2.39 bits per heavy atom. The van der Waals surface area contributed by atoms with E-state index in [0.717, 1.165) is 53.8 Å². The summed E-state index contributed by atoms with van der Waals surface area (Å²) in [6.45, 7) is 5.04. The molecule has 0 saturated heterocycles. The minimum atomic E-state index is -0.796. The Hall–Kier alpha value is -3.60. The molecule has 5 nitrogen and oxygen atoms in total. The first kappa shape index (κ1) is 22.6. The van der Waals surface area contributed by atoms with Crippen LogP contribution in [0.4, 0.5) is 0 Å². The fraction of sp³-hybridized carbons (Fsp3) is 0.286. The van der Waals surface area contributed by atoms with Gasteiger partial charge in [-0.25, -0.2) is 9.78 Å². The number of carbonyl (C=O) groups excluding carboxylic acids is 1. The summed E-state index contributed by atoms with van der Waals surface area (Å²) in [5, 5.41) is 0. The van der Waals surface area contributed by atoms with Crippen molar-refractivity contribution in [3.05, 3.63) is 95.8 Å². The highest BCUT2D eigenvalue weighted by Gasteiger charge is 2.24. The fourth-order valence-electron chi connectivity index (χ4n) is 3.92. The van der Waals surface area contributed by atoms with Gasteiger partial charge in [0.05, 0.1) is 17.6 Å². The van der Waals surface area contributed by atoms with E-state index in [0.29, 0.717) is 12.4 Å².